The van der Waals surface area contributed by atoms with E-state index in [1.807, 2.05) is 0 Å². The van der Waals surface area contributed by atoms with Gasteiger partial charge < -0.3 is 0 Å². The molecule has 0 aromatic rings. The number of halogens is 4. The second-order valence-electron chi connectivity index (χ2n) is 4.83. The van der Waals surface area contributed by atoms with E-state index in [0.717, 1.165) is 11.6 Å². The molecule has 1 atom stereocenters. The zero-order valence-corrected chi connectivity index (χ0v) is 12.8. The van der Waals surface area contributed by atoms with Crippen molar-refractivity contribution in [2.75, 3.05) is 0 Å². The standard InChI is InChI=1S/C15H17ClF3NO/c1-9(15(17,18)19)7-5-6-8-10(2)20-13(16)11(3)12(4)14(20)21/h5,7-8,13H,1,6H2,2-4H3/b7-5-,10-8+. The molecule has 2 nitrogen and oxygen atoms in total. The van der Waals surface area contributed by atoms with Gasteiger partial charge in [-0.2, -0.15) is 13.2 Å². The van der Waals surface area contributed by atoms with Crippen molar-refractivity contribution in [2.24, 2.45) is 0 Å². The summed E-state index contributed by atoms with van der Waals surface area (Å²) in [6, 6.07) is 0. The van der Waals surface area contributed by atoms with Crippen molar-refractivity contribution in [2.45, 2.75) is 38.9 Å². The van der Waals surface area contributed by atoms with E-state index < -0.39 is 17.3 Å². The third-order valence-electron chi connectivity index (χ3n) is 3.33. The van der Waals surface area contributed by atoms with Crippen LogP contribution in [0.1, 0.15) is 27.2 Å². The SMILES string of the molecule is C=C(/C=C\C/C=C(\C)N1C(=O)C(C)=C(C)C1Cl)C(F)(F)F. The molecule has 0 aromatic heterocycles. The summed E-state index contributed by atoms with van der Waals surface area (Å²) in [5, 5.41) is 0. The minimum absolute atomic E-state index is 0.176. The molecule has 1 rings (SSSR count). The molecule has 0 spiro atoms. The van der Waals surface area contributed by atoms with E-state index in [1.165, 1.54) is 11.0 Å². The third kappa shape index (κ3) is 4.00. The fourth-order valence-corrected chi connectivity index (χ4v) is 2.21. The monoisotopic (exact) mass is 319 g/mol. The lowest BCUT2D eigenvalue weighted by Gasteiger charge is -2.22. The molecule has 116 valence electrons. The highest BCUT2D eigenvalue weighted by Gasteiger charge is 2.34. The Kier molecular flexibility index (Phi) is 5.45. The first-order chi connectivity index (χ1) is 9.57. The summed E-state index contributed by atoms with van der Waals surface area (Å²) in [4.78, 5) is 13.4. The van der Waals surface area contributed by atoms with Gasteiger partial charge in [-0.25, -0.2) is 0 Å². The maximum Gasteiger partial charge on any atom is 0.415 e. The van der Waals surface area contributed by atoms with Gasteiger partial charge in [0.2, 0.25) is 0 Å². The Bertz CT molecular complexity index is 544. The normalized spacial score (nSPS) is 20.9. The summed E-state index contributed by atoms with van der Waals surface area (Å²) in [6.07, 6.45) is -0.246. The van der Waals surface area contributed by atoms with E-state index >= 15 is 0 Å². The fourth-order valence-electron chi connectivity index (χ4n) is 1.81. The molecule has 6 heteroatoms. The number of hydrogen-bond acceptors (Lipinski definition) is 1. The van der Waals surface area contributed by atoms with Crippen molar-refractivity contribution < 1.29 is 18.0 Å². The third-order valence-corrected chi connectivity index (χ3v) is 3.85. The summed E-state index contributed by atoms with van der Waals surface area (Å²) < 4.78 is 36.7. The predicted molar refractivity (Wildman–Crippen MR) is 77.6 cm³/mol. The molecular formula is C15H17ClF3NO. The van der Waals surface area contributed by atoms with E-state index in [4.69, 9.17) is 11.6 Å². The van der Waals surface area contributed by atoms with E-state index in [9.17, 15) is 18.0 Å². The Morgan fingerprint density at radius 3 is 2.43 bits per heavy atom. The molecule has 21 heavy (non-hydrogen) atoms. The molecule has 0 radical (unpaired) electrons. The highest BCUT2D eigenvalue weighted by Crippen LogP contribution is 2.31. The summed E-state index contributed by atoms with van der Waals surface area (Å²) >= 11 is 6.16. The molecule has 1 aliphatic heterocycles. The van der Waals surface area contributed by atoms with Crippen LogP contribution in [0.2, 0.25) is 0 Å². The molecule has 1 heterocycles. The van der Waals surface area contributed by atoms with Crippen molar-refractivity contribution in [3.05, 3.63) is 47.2 Å². The van der Waals surface area contributed by atoms with Crippen molar-refractivity contribution >= 4 is 17.5 Å². The Labute approximate surface area is 127 Å². The Morgan fingerprint density at radius 1 is 1.43 bits per heavy atom. The average molecular weight is 320 g/mol. The van der Waals surface area contributed by atoms with Gasteiger partial charge in [0, 0.05) is 16.8 Å². The molecule has 0 aromatic carbocycles. The smallest absolute Gasteiger partial charge is 0.292 e. The van der Waals surface area contributed by atoms with Crippen molar-refractivity contribution in [3.8, 4) is 0 Å². The van der Waals surface area contributed by atoms with E-state index in [2.05, 4.69) is 6.58 Å². The van der Waals surface area contributed by atoms with E-state index in [1.54, 1.807) is 26.8 Å². The van der Waals surface area contributed by atoms with Crippen LogP contribution >= 0.6 is 11.6 Å². The highest BCUT2D eigenvalue weighted by molar-refractivity contribution is 6.25. The van der Waals surface area contributed by atoms with Crippen LogP contribution in [0.25, 0.3) is 0 Å². The van der Waals surface area contributed by atoms with Crippen molar-refractivity contribution in [1.82, 2.24) is 4.90 Å². The number of hydrogen-bond donors (Lipinski definition) is 0. The second-order valence-corrected chi connectivity index (χ2v) is 5.24. The van der Waals surface area contributed by atoms with Gasteiger partial charge in [-0.1, -0.05) is 36.4 Å². The molecular weight excluding hydrogens is 303 g/mol. The molecule has 1 aliphatic rings. The van der Waals surface area contributed by atoms with Crippen LogP contribution in [-0.2, 0) is 4.79 Å². The lowest BCUT2D eigenvalue weighted by atomic mass is 10.2. The molecule has 1 unspecified atom stereocenters. The lowest BCUT2D eigenvalue weighted by Crippen LogP contribution is -2.30. The van der Waals surface area contributed by atoms with Gasteiger partial charge in [-0.3, -0.25) is 9.69 Å². The first kappa shape index (κ1) is 17.6. The number of rotatable bonds is 4. The van der Waals surface area contributed by atoms with E-state index in [0.29, 0.717) is 11.3 Å². The topological polar surface area (TPSA) is 20.3 Å². The molecule has 0 saturated heterocycles. The van der Waals surface area contributed by atoms with Gasteiger partial charge >= 0.3 is 6.18 Å². The number of amides is 1. The van der Waals surface area contributed by atoms with Crippen molar-refractivity contribution in [1.29, 1.82) is 0 Å². The van der Waals surface area contributed by atoms with Gasteiger partial charge in [0.1, 0.15) is 5.50 Å². The second kappa shape index (κ2) is 6.52. The number of carbonyl (C=O) groups is 1. The van der Waals surface area contributed by atoms with Crippen LogP contribution in [0.5, 0.6) is 0 Å². The van der Waals surface area contributed by atoms with Crippen LogP contribution in [0.15, 0.2) is 47.2 Å². The molecule has 0 saturated carbocycles. The molecule has 0 N–H and O–H groups in total. The van der Waals surface area contributed by atoms with Crippen LogP contribution < -0.4 is 0 Å². The summed E-state index contributed by atoms with van der Waals surface area (Å²) in [7, 11) is 0. The number of alkyl halides is 4. The zero-order valence-electron chi connectivity index (χ0n) is 12.1. The van der Waals surface area contributed by atoms with Crippen molar-refractivity contribution in [3.63, 3.8) is 0 Å². The quantitative estimate of drug-likeness (QED) is 0.418. The van der Waals surface area contributed by atoms with Crippen LogP contribution in [0, 0.1) is 0 Å². The van der Waals surface area contributed by atoms with Gasteiger partial charge in [-0.15, -0.1) is 0 Å². The summed E-state index contributed by atoms with van der Waals surface area (Å²) in [6.45, 7) is 8.12. The van der Waals surface area contributed by atoms with Crippen LogP contribution in [-0.4, -0.2) is 22.5 Å². The number of allylic oxidation sites excluding steroid dienone is 5. The Balaban J connectivity index is 2.70. The average Bonchev–Trinajstić information content (AvgIpc) is 2.57. The Hall–Kier alpha value is -1.49. The number of nitrogens with zero attached hydrogens (tertiary/aromatic N) is 1. The molecule has 1 amide bonds. The first-order valence-electron chi connectivity index (χ1n) is 6.31. The summed E-state index contributed by atoms with van der Waals surface area (Å²) in [5.74, 6) is -0.176. The van der Waals surface area contributed by atoms with E-state index in [-0.39, 0.29) is 12.3 Å². The lowest BCUT2D eigenvalue weighted by molar-refractivity contribution is -0.124. The van der Waals surface area contributed by atoms with Gasteiger partial charge in [-0.05, 0) is 32.8 Å². The van der Waals surface area contributed by atoms with Gasteiger partial charge in [0.15, 0.2) is 0 Å². The summed E-state index contributed by atoms with van der Waals surface area (Å²) in [5.41, 5.74) is 0.551. The maximum atomic E-state index is 12.2. The van der Waals surface area contributed by atoms with Crippen LogP contribution in [0.4, 0.5) is 13.2 Å². The molecule has 0 aliphatic carbocycles. The van der Waals surface area contributed by atoms with Crippen LogP contribution in [0.3, 0.4) is 0 Å². The van der Waals surface area contributed by atoms with Gasteiger partial charge in [0.05, 0.1) is 0 Å². The van der Waals surface area contributed by atoms with Gasteiger partial charge in [0.25, 0.3) is 5.91 Å². The maximum absolute atomic E-state index is 12.2. The highest BCUT2D eigenvalue weighted by atomic mass is 35.5. The predicted octanol–water partition coefficient (Wildman–Crippen LogP) is 4.70. The minimum atomic E-state index is -4.42. The first-order valence-corrected chi connectivity index (χ1v) is 6.75. The number of carbonyl (C=O) groups excluding carboxylic acids is 1. The largest absolute Gasteiger partial charge is 0.415 e. The zero-order chi connectivity index (χ0) is 16.4. The minimum Gasteiger partial charge on any atom is -0.292 e. The molecule has 0 fully saturated rings. The Morgan fingerprint density at radius 2 is 2.00 bits per heavy atom. The fraction of sp³-hybridized carbons (Fsp3) is 0.400. The molecule has 0 bridgehead atoms.